The highest BCUT2D eigenvalue weighted by Crippen LogP contribution is 2.36. The van der Waals surface area contributed by atoms with Gasteiger partial charge in [-0.1, -0.05) is 18.2 Å². The van der Waals surface area contributed by atoms with Crippen molar-refractivity contribution in [2.24, 2.45) is 0 Å². The smallest absolute Gasteiger partial charge is 0.410 e. The molecule has 2 fully saturated rings. The lowest BCUT2D eigenvalue weighted by molar-refractivity contribution is -0.163. The largest absolute Gasteiger partial charge is 0.443 e. The monoisotopic (exact) mass is 502 g/mol. The number of halogens is 6. The Labute approximate surface area is 195 Å². The zero-order chi connectivity index (χ0) is 25.3. The number of morpholine rings is 1. The van der Waals surface area contributed by atoms with Gasteiger partial charge in [-0.15, -0.1) is 0 Å². The van der Waals surface area contributed by atoms with E-state index in [-0.39, 0.29) is 42.7 Å². The van der Waals surface area contributed by atoms with E-state index < -0.39 is 60.4 Å². The third-order valence-corrected chi connectivity index (χ3v) is 6.11. The van der Waals surface area contributed by atoms with Crippen LogP contribution in [-0.4, -0.2) is 61.0 Å². The molecule has 0 aliphatic carbocycles. The highest BCUT2D eigenvalue weighted by atomic mass is 19.3. The lowest BCUT2D eigenvalue weighted by Crippen LogP contribution is -2.65. The second-order valence-electron chi connectivity index (χ2n) is 8.34. The summed E-state index contributed by atoms with van der Waals surface area (Å²) in [5.41, 5.74) is -1.52. The minimum atomic E-state index is -2.92. The number of carbonyl (C=O) groups excluding carboxylic acids is 2. The van der Waals surface area contributed by atoms with Crippen LogP contribution in [0.15, 0.2) is 36.4 Å². The quantitative estimate of drug-likeness (QED) is 0.629. The Morgan fingerprint density at radius 1 is 1.20 bits per heavy atom. The highest BCUT2D eigenvalue weighted by Gasteiger charge is 2.54. The maximum Gasteiger partial charge on any atom is 0.410 e. The van der Waals surface area contributed by atoms with Gasteiger partial charge in [-0.3, -0.25) is 4.79 Å². The Morgan fingerprint density at radius 3 is 2.57 bits per heavy atom. The molecule has 0 radical (unpaired) electrons. The molecular formula is C23H20F6N2O4. The number of alkyl halides is 3. The molecule has 3 atom stereocenters. The van der Waals surface area contributed by atoms with E-state index >= 15 is 4.39 Å². The molecule has 2 amide bonds. The van der Waals surface area contributed by atoms with Gasteiger partial charge in [0.05, 0.1) is 18.2 Å². The molecule has 1 spiro atoms. The standard InChI is InChI=1S/C23H20F6N2O4/c24-14-6-13(7-15(25)9-14)16-3-1-2-12(19(16)28)8-17-23(11-35-20(29)21(32)30-23)4-5-31(17)22(33)34-10-18(26)27/h1-3,6-7,9,17-18,20H,4-5,8,10-11H2,(H,30,32)/t17-,20?,23+/m1/s1. The number of amides is 2. The third kappa shape index (κ3) is 5.07. The van der Waals surface area contributed by atoms with Crippen LogP contribution in [0.3, 0.4) is 0 Å². The van der Waals surface area contributed by atoms with Crippen LogP contribution in [0.2, 0.25) is 0 Å². The molecule has 2 aromatic carbocycles. The maximum absolute atomic E-state index is 15.5. The predicted molar refractivity (Wildman–Crippen MR) is 110 cm³/mol. The zero-order valence-electron chi connectivity index (χ0n) is 18.1. The molecule has 0 aromatic heterocycles. The number of hydrogen-bond acceptors (Lipinski definition) is 4. The van der Waals surface area contributed by atoms with Crippen LogP contribution < -0.4 is 5.32 Å². The summed E-state index contributed by atoms with van der Waals surface area (Å²) in [5, 5.41) is 2.48. The lowest BCUT2D eigenvalue weighted by Gasteiger charge is -2.41. The molecule has 2 aromatic rings. The molecule has 1 N–H and O–H groups in total. The van der Waals surface area contributed by atoms with E-state index in [0.29, 0.717) is 6.07 Å². The Hall–Kier alpha value is -3.28. The summed E-state index contributed by atoms with van der Waals surface area (Å²) in [6.07, 6.45) is -6.46. The van der Waals surface area contributed by atoms with E-state index in [2.05, 4.69) is 10.1 Å². The van der Waals surface area contributed by atoms with Crippen molar-refractivity contribution in [2.45, 2.75) is 37.2 Å². The summed E-state index contributed by atoms with van der Waals surface area (Å²) in [4.78, 5) is 25.6. The number of nitrogens with one attached hydrogen (secondary N) is 1. The molecule has 4 rings (SSSR count). The van der Waals surface area contributed by atoms with Crippen molar-refractivity contribution >= 4 is 12.0 Å². The highest BCUT2D eigenvalue weighted by molar-refractivity contribution is 5.81. The fraction of sp³-hybridized carbons (Fsp3) is 0.391. The molecule has 35 heavy (non-hydrogen) atoms. The first-order valence-corrected chi connectivity index (χ1v) is 10.6. The Bertz CT molecular complexity index is 1110. The summed E-state index contributed by atoms with van der Waals surface area (Å²) in [6, 6.07) is 5.60. The normalized spacial score (nSPS) is 24.2. The molecule has 2 heterocycles. The van der Waals surface area contributed by atoms with Crippen LogP contribution >= 0.6 is 0 Å². The van der Waals surface area contributed by atoms with Crippen LogP contribution in [-0.2, 0) is 20.7 Å². The molecule has 2 saturated heterocycles. The van der Waals surface area contributed by atoms with Crippen LogP contribution in [0, 0.1) is 17.5 Å². The second-order valence-corrected chi connectivity index (χ2v) is 8.34. The van der Waals surface area contributed by atoms with Gasteiger partial charge in [-0.2, -0.15) is 0 Å². The SMILES string of the molecule is O=C1N[C@@]2(CCN(C(=O)OCC(F)F)[C@@H]2Cc2cccc(-c3cc(F)cc(F)c3)c2F)COC1F. The van der Waals surface area contributed by atoms with Crippen LogP contribution in [0.5, 0.6) is 0 Å². The summed E-state index contributed by atoms with van der Waals surface area (Å²) in [7, 11) is 0. The number of nitrogens with zero attached hydrogens (tertiary/aromatic N) is 1. The fourth-order valence-corrected chi connectivity index (χ4v) is 4.51. The minimum absolute atomic E-state index is 0.00160. The molecule has 0 bridgehead atoms. The Balaban J connectivity index is 1.68. The molecule has 12 heteroatoms. The van der Waals surface area contributed by atoms with Crippen molar-refractivity contribution in [2.75, 3.05) is 19.8 Å². The van der Waals surface area contributed by atoms with Gasteiger partial charge in [0, 0.05) is 18.2 Å². The van der Waals surface area contributed by atoms with Crippen molar-refractivity contribution in [3.05, 3.63) is 59.4 Å². The van der Waals surface area contributed by atoms with Crippen molar-refractivity contribution < 1.29 is 45.4 Å². The summed E-state index contributed by atoms with van der Waals surface area (Å²) >= 11 is 0. The van der Waals surface area contributed by atoms with Crippen molar-refractivity contribution in [3.8, 4) is 11.1 Å². The zero-order valence-corrected chi connectivity index (χ0v) is 18.1. The summed E-state index contributed by atoms with van der Waals surface area (Å²) in [5.74, 6) is -3.74. The van der Waals surface area contributed by atoms with E-state index in [9.17, 15) is 31.5 Å². The number of benzene rings is 2. The molecule has 0 saturated carbocycles. The van der Waals surface area contributed by atoms with Gasteiger partial charge in [0.2, 0.25) is 0 Å². The van der Waals surface area contributed by atoms with Crippen molar-refractivity contribution in [1.29, 1.82) is 0 Å². The number of hydrogen-bond donors (Lipinski definition) is 1. The maximum atomic E-state index is 15.5. The molecule has 6 nitrogen and oxygen atoms in total. The van der Waals surface area contributed by atoms with E-state index in [4.69, 9.17) is 4.74 Å². The minimum Gasteiger partial charge on any atom is -0.443 e. The topological polar surface area (TPSA) is 67.9 Å². The van der Waals surface area contributed by atoms with Crippen LogP contribution in [0.1, 0.15) is 12.0 Å². The van der Waals surface area contributed by atoms with Gasteiger partial charge >= 0.3 is 6.09 Å². The number of carbonyl (C=O) groups is 2. The first-order chi connectivity index (χ1) is 16.6. The van der Waals surface area contributed by atoms with Gasteiger partial charge in [0.15, 0.2) is 6.61 Å². The second kappa shape index (κ2) is 9.76. The fourth-order valence-electron chi connectivity index (χ4n) is 4.51. The third-order valence-electron chi connectivity index (χ3n) is 6.11. The summed E-state index contributed by atoms with van der Waals surface area (Å²) in [6.45, 7) is -1.59. The Morgan fingerprint density at radius 2 is 1.91 bits per heavy atom. The average molecular weight is 502 g/mol. The first kappa shape index (κ1) is 24.8. The molecule has 188 valence electrons. The molecular weight excluding hydrogens is 482 g/mol. The number of rotatable bonds is 5. The number of likely N-dealkylation sites (tertiary alicyclic amines) is 1. The molecule has 2 aliphatic rings. The Kier molecular flexibility index (Phi) is 6.93. The average Bonchev–Trinajstić information content (AvgIpc) is 3.13. The predicted octanol–water partition coefficient (Wildman–Crippen LogP) is 3.97. The van der Waals surface area contributed by atoms with Crippen molar-refractivity contribution in [3.63, 3.8) is 0 Å². The van der Waals surface area contributed by atoms with E-state index in [0.717, 1.165) is 17.0 Å². The van der Waals surface area contributed by atoms with E-state index in [1.54, 1.807) is 0 Å². The lowest BCUT2D eigenvalue weighted by atomic mass is 9.85. The van der Waals surface area contributed by atoms with Gasteiger partial charge < -0.3 is 19.7 Å². The van der Waals surface area contributed by atoms with E-state index in [1.807, 2.05) is 0 Å². The van der Waals surface area contributed by atoms with Gasteiger partial charge in [0.1, 0.15) is 17.5 Å². The first-order valence-electron chi connectivity index (χ1n) is 10.6. The van der Waals surface area contributed by atoms with E-state index in [1.165, 1.54) is 18.2 Å². The van der Waals surface area contributed by atoms with Gasteiger partial charge in [0.25, 0.3) is 18.7 Å². The van der Waals surface area contributed by atoms with Crippen LogP contribution in [0.25, 0.3) is 11.1 Å². The molecule has 1 unspecified atom stereocenters. The number of ether oxygens (including phenoxy) is 2. The van der Waals surface area contributed by atoms with Crippen LogP contribution in [0.4, 0.5) is 31.1 Å². The molecule has 2 aliphatic heterocycles. The van der Waals surface area contributed by atoms with Crippen molar-refractivity contribution in [1.82, 2.24) is 10.2 Å². The van der Waals surface area contributed by atoms with Gasteiger partial charge in [-0.05, 0) is 36.1 Å². The summed E-state index contributed by atoms with van der Waals surface area (Å²) < 4.78 is 91.2. The van der Waals surface area contributed by atoms with Gasteiger partial charge in [-0.25, -0.2) is 31.1 Å².